The Kier molecular flexibility index (Phi) is 4.69. The third-order valence-electron chi connectivity index (χ3n) is 6.19. The van der Waals surface area contributed by atoms with Crippen LogP contribution in [0.5, 0.6) is 0 Å². The number of aryl methyl sites for hydroxylation is 1. The van der Waals surface area contributed by atoms with E-state index < -0.39 is 23.7 Å². The fourth-order valence-corrected chi connectivity index (χ4v) is 4.80. The van der Waals surface area contributed by atoms with Crippen LogP contribution in [0.4, 0.5) is 5.69 Å². The molecule has 1 aliphatic rings. The van der Waals surface area contributed by atoms with Gasteiger partial charge in [-0.25, -0.2) is 4.98 Å². The number of fused-ring (bicyclic) bond motifs is 2. The van der Waals surface area contributed by atoms with Crippen LogP contribution in [0.2, 0.25) is 0 Å². The number of anilines is 1. The minimum absolute atomic E-state index is 0.0916. The highest BCUT2D eigenvalue weighted by molar-refractivity contribution is 6.48. The summed E-state index contributed by atoms with van der Waals surface area (Å²) in [6, 6.07) is 12.5. The molecule has 32 heavy (non-hydrogen) atoms. The summed E-state index contributed by atoms with van der Waals surface area (Å²) in [5, 5.41) is 0.928. The molecule has 7 nitrogen and oxygen atoms in total. The number of carbonyl (C=O) groups is 3. The predicted molar refractivity (Wildman–Crippen MR) is 122 cm³/mol. The smallest absolute Gasteiger partial charge is 0.295 e. The fourth-order valence-electron chi connectivity index (χ4n) is 4.80. The molecule has 5 rings (SSSR count). The second-order valence-corrected chi connectivity index (χ2v) is 8.84. The highest BCUT2D eigenvalue weighted by Gasteiger charge is 2.52. The lowest BCUT2D eigenvalue weighted by molar-refractivity contribution is -0.139. The van der Waals surface area contributed by atoms with Gasteiger partial charge in [0.15, 0.2) is 0 Å². The molecule has 162 valence electrons. The lowest BCUT2D eigenvalue weighted by Crippen LogP contribution is -2.30. The summed E-state index contributed by atoms with van der Waals surface area (Å²) in [4.78, 5) is 48.6. The van der Waals surface area contributed by atoms with E-state index >= 15 is 0 Å². The minimum atomic E-state index is -1.03. The normalized spacial score (nSPS) is 19.1. The number of hydrogen-bond acceptors (Lipinski definition) is 4. The van der Waals surface area contributed by atoms with Gasteiger partial charge < -0.3 is 9.55 Å². The molecule has 3 heterocycles. The number of nitrogens with one attached hydrogen (secondary N) is 1. The maximum atomic E-state index is 13.3. The quantitative estimate of drug-likeness (QED) is 0.385. The number of ketones is 2. The van der Waals surface area contributed by atoms with Crippen LogP contribution < -0.4 is 4.90 Å². The van der Waals surface area contributed by atoms with Crippen LogP contribution in [0.3, 0.4) is 0 Å². The number of nitrogens with zero attached hydrogens (tertiary/aromatic N) is 3. The van der Waals surface area contributed by atoms with E-state index in [1.807, 2.05) is 62.0 Å². The third-order valence-corrected chi connectivity index (χ3v) is 6.19. The van der Waals surface area contributed by atoms with Gasteiger partial charge in [-0.2, -0.15) is 0 Å². The number of benzene rings is 2. The first kappa shape index (κ1) is 20.2. The molecule has 0 spiro atoms. The van der Waals surface area contributed by atoms with Gasteiger partial charge in [-0.3, -0.25) is 19.3 Å². The average molecular weight is 428 g/mol. The number of aromatic nitrogens is 3. The molecule has 1 amide bonds. The first-order valence-corrected chi connectivity index (χ1v) is 10.7. The van der Waals surface area contributed by atoms with E-state index in [0.29, 0.717) is 5.69 Å². The Morgan fingerprint density at radius 2 is 1.94 bits per heavy atom. The van der Waals surface area contributed by atoms with Crippen LogP contribution in [-0.4, -0.2) is 32.0 Å². The molecule has 1 saturated heterocycles. The molecule has 4 aromatic rings. The van der Waals surface area contributed by atoms with Crippen molar-refractivity contribution < 1.29 is 14.4 Å². The molecule has 1 aliphatic heterocycles. The number of Topliss-reactive ketones (excluding diaryl/α,β-unsaturated/α-hetero) is 2. The van der Waals surface area contributed by atoms with E-state index in [9.17, 15) is 14.4 Å². The van der Waals surface area contributed by atoms with E-state index in [2.05, 4.69) is 9.97 Å². The highest BCUT2D eigenvalue weighted by atomic mass is 16.2. The third kappa shape index (κ3) is 3.04. The Bertz CT molecular complexity index is 1380. The molecule has 2 aromatic carbocycles. The lowest BCUT2D eigenvalue weighted by Gasteiger charge is -2.27. The Morgan fingerprint density at radius 1 is 1.16 bits per heavy atom. The van der Waals surface area contributed by atoms with Gasteiger partial charge in [0.2, 0.25) is 5.78 Å². The van der Waals surface area contributed by atoms with Crippen LogP contribution in [0.1, 0.15) is 31.9 Å². The summed E-state index contributed by atoms with van der Waals surface area (Å²) in [6.07, 6.45) is 3.76. The molecule has 1 fully saturated rings. The molecular weight excluding hydrogens is 404 g/mol. The van der Waals surface area contributed by atoms with E-state index in [-0.39, 0.29) is 18.1 Å². The number of imidazole rings is 1. The lowest BCUT2D eigenvalue weighted by atomic mass is 9.86. The van der Waals surface area contributed by atoms with Crippen LogP contribution in [-0.2, 0) is 21.4 Å². The summed E-state index contributed by atoms with van der Waals surface area (Å²) in [6.45, 7) is 3.88. The monoisotopic (exact) mass is 428 g/mol. The maximum absolute atomic E-state index is 13.3. The second-order valence-electron chi connectivity index (χ2n) is 8.84. The highest BCUT2D eigenvalue weighted by Crippen LogP contribution is 2.44. The van der Waals surface area contributed by atoms with Crippen LogP contribution in [0, 0.1) is 11.8 Å². The number of amides is 1. The van der Waals surface area contributed by atoms with E-state index in [1.54, 1.807) is 18.5 Å². The van der Waals surface area contributed by atoms with Gasteiger partial charge in [0.1, 0.15) is 11.7 Å². The molecule has 0 saturated carbocycles. The van der Waals surface area contributed by atoms with Crippen molar-refractivity contribution in [3.05, 3.63) is 60.6 Å². The molecule has 1 N–H and O–H groups in total. The average Bonchev–Trinajstić information content (AvgIpc) is 3.43. The Labute approximate surface area is 185 Å². The van der Waals surface area contributed by atoms with Crippen molar-refractivity contribution in [3.8, 4) is 0 Å². The molecule has 2 unspecified atom stereocenters. The number of para-hydroxylation sites is 1. The molecule has 0 bridgehead atoms. The van der Waals surface area contributed by atoms with E-state index in [0.717, 1.165) is 27.5 Å². The standard InChI is InChI=1S/C25H24N4O3/c1-14(2)10-21(30)22-23(17-12-28(3)20-7-5-4-6-16(17)20)29(25(32)24(22)31)15-8-9-18-19(11-15)27-13-26-18/h4-9,11-14,22-23H,10H2,1-3H3,(H,26,27). The van der Waals surface area contributed by atoms with Crippen molar-refractivity contribution in [1.82, 2.24) is 14.5 Å². The van der Waals surface area contributed by atoms with Gasteiger partial charge in [0, 0.05) is 41.8 Å². The number of H-pyrrole nitrogens is 1. The zero-order valence-electron chi connectivity index (χ0n) is 18.2. The SMILES string of the molecule is CC(C)CC(=O)C1C(=O)C(=O)N(c2ccc3nc[nH]c3c2)C1c1cn(C)c2ccccc12. The summed E-state index contributed by atoms with van der Waals surface area (Å²) < 4.78 is 1.97. The number of rotatable bonds is 5. The maximum Gasteiger partial charge on any atom is 0.295 e. The van der Waals surface area contributed by atoms with E-state index in [1.165, 1.54) is 4.90 Å². The zero-order valence-corrected chi connectivity index (χ0v) is 18.2. The van der Waals surface area contributed by atoms with Crippen molar-refractivity contribution in [3.63, 3.8) is 0 Å². The molecular formula is C25H24N4O3. The van der Waals surface area contributed by atoms with Crippen LogP contribution >= 0.6 is 0 Å². The fraction of sp³-hybridized carbons (Fsp3) is 0.280. The van der Waals surface area contributed by atoms with Crippen LogP contribution in [0.15, 0.2) is 55.0 Å². The summed E-state index contributed by atoms with van der Waals surface area (Å²) in [5.74, 6) is -2.43. The van der Waals surface area contributed by atoms with Gasteiger partial charge in [-0.1, -0.05) is 32.0 Å². The van der Waals surface area contributed by atoms with Crippen molar-refractivity contribution >= 4 is 45.1 Å². The van der Waals surface area contributed by atoms with Crippen LogP contribution in [0.25, 0.3) is 21.9 Å². The summed E-state index contributed by atoms with van der Waals surface area (Å²) >= 11 is 0. The number of aromatic amines is 1. The predicted octanol–water partition coefficient (Wildman–Crippen LogP) is 3.94. The molecule has 0 radical (unpaired) electrons. The van der Waals surface area contributed by atoms with Gasteiger partial charge >= 0.3 is 0 Å². The van der Waals surface area contributed by atoms with Gasteiger partial charge in [0.05, 0.1) is 23.4 Å². The molecule has 2 atom stereocenters. The molecule has 7 heteroatoms. The first-order valence-electron chi connectivity index (χ1n) is 10.7. The van der Waals surface area contributed by atoms with Gasteiger partial charge in [-0.05, 0) is 30.2 Å². The summed E-state index contributed by atoms with van der Waals surface area (Å²) in [7, 11) is 1.93. The van der Waals surface area contributed by atoms with Gasteiger partial charge in [0.25, 0.3) is 5.91 Å². The van der Waals surface area contributed by atoms with Gasteiger partial charge in [-0.15, -0.1) is 0 Å². The minimum Gasteiger partial charge on any atom is -0.350 e. The largest absolute Gasteiger partial charge is 0.350 e. The Balaban J connectivity index is 1.72. The topological polar surface area (TPSA) is 88.1 Å². The van der Waals surface area contributed by atoms with Crippen molar-refractivity contribution in [2.24, 2.45) is 18.9 Å². The number of hydrogen-bond donors (Lipinski definition) is 1. The number of carbonyl (C=O) groups excluding carboxylic acids is 3. The Hall–Kier alpha value is -3.74. The molecule has 0 aliphatic carbocycles. The first-order chi connectivity index (χ1) is 15.4. The van der Waals surface area contributed by atoms with Crippen molar-refractivity contribution in [2.75, 3.05) is 4.90 Å². The molecule has 2 aromatic heterocycles. The summed E-state index contributed by atoms with van der Waals surface area (Å²) in [5.41, 5.74) is 3.87. The Morgan fingerprint density at radius 3 is 2.72 bits per heavy atom. The van der Waals surface area contributed by atoms with Crippen molar-refractivity contribution in [1.29, 1.82) is 0 Å². The van der Waals surface area contributed by atoms with Crippen molar-refractivity contribution in [2.45, 2.75) is 26.3 Å². The second kappa shape index (κ2) is 7.44. The van der Waals surface area contributed by atoms with E-state index in [4.69, 9.17) is 0 Å². The zero-order chi connectivity index (χ0) is 22.6.